The molecule has 1 heterocycles. The molecule has 8 heteroatoms. The third-order valence-electron chi connectivity index (χ3n) is 5.63. The number of hydrogen-bond acceptors (Lipinski definition) is 6. The van der Waals surface area contributed by atoms with Gasteiger partial charge in [0.15, 0.2) is 11.5 Å². The summed E-state index contributed by atoms with van der Waals surface area (Å²) in [5.74, 6) is -0.359. The van der Waals surface area contributed by atoms with Crippen LogP contribution in [0.2, 0.25) is 0 Å². The predicted molar refractivity (Wildman–Crippen MR) is 126 cm³/mol. The second-order valence-electron chi connectivity index (χ2n) is 7.71. The second-order valence-corrected chi connectivity index (χ2v) is 7.71. The van der Waals surface area contributed by atoms with Crippen LogP contribution in [-0.2, 0) is 0 Å². The van der Waals surface area contributed by atoms with Gasteiger partial charge in [0.25, 0.3) is 17.7 Å². The molecule has 0 atom stereocenters. The van der Waals surface area contributed by atoms with Crippen LogP contribution in [0, 0.1) is 6.92 Å². The van der Waals surface area contributed by atoms with Gasteiger partial charge in [-0.25, -0.2) is 0 Å². The summed E-state index contributed by atoms with van der Waals surface area (Å²) < 4.78 is 16.1. The number of anilines is 1. The molecule has 4 rings (SSSR count). The molecule has 3 aromatic carbocycles. The van der Waals surface area contributed by atoms with Gasteiger partial charge >= 0.3 is 0 Å². The smallest absolute Gasteiger partial charge is 0.263 e. The van der Waals surface area contributed by atoms with Gasteiger partial charge in [0.2, 0.25) is 5.75 Å². The molecule has 3 amide bonds. The predicted octanol–water partition coefficient (Wildman–Crippen LogP) is 3.92. The molecular formula is C26H24N2O6. The Balaban J connectivity index is 1.77. The zero-order chi connectivity index (χ0) is 24.4. The topological polar surface area (TPSA) is 85.4 Å². The Labute approximate surface area is 197 Å². The maximum Gasteiger partial charge on any atom is 0.263 e. The summed E-state index contributed by atoms with van der Waals surface area (Å²) >= 11 is 0. The number of imide groups is 1. The highest BCUT2D eigenvalue weighted by atomic mass is 16.5. The van der Waals surface area contributed by atoms with E-state index in [9.17, 15) is 14.4 Å². The van der Waals surface area contributed by atoms with E-state index >= 15 is 0 Å². The Morgan fingerprint density at radius 3 is 1.91 bits per heavy atom. The summed E-state index contributed by atoms with van der Waals surface area (Å²) in [7, 11) is 4.40. The van der Waals surface area contributed by atoms with Crippen molar-refractivity contribution in [3.63, 3.8) is 0 Å². The first-order valence-electron chi connectivity index (χ1n) is 10.5. The zero-order valence-electron chi connectivity index (χ0n) is 19.3. The molecule has 3 aromatic rings. The van der Waals surface area contributed by atoms with Crippen molar-refractivity contribution in [2.75, 3.05) is 32.9 Å². The van der Waals surface area contributed by atoms with Crippen LogP contribution in [0.3, 0.4) is 0 Å². The summed E-state index contributed by atoms with van der Waals surface area (Å²) in [5, 5.41) is 0. The van der Waals surface area contributed by atoms with E-state index in [-0.39, 0.29) is 12.2 Å². The molecular weight excluding hydrogens is 436 g/mol. The number of hydrogen-bond donors (Lipinski definition) is 0. The number of carbonyl (C=O) groups excluding carboxylic acids is 3. The van der Waals surface area contributed by atoms with Crippen molar-refractivity contribution in [1.29, 1.82) is 0 Å². The Bertz CT molecular complexity index is 1230. The van der Waals surface area contributed by atoms with Gasteiger partial charge in [-0.2, -0.15) is 0 Å². The first-order chi connectivity index (χ1) is 16.4. The summed E-state index contributed by atoms with van der Waals surface area (Å²) in [6.45, 7) is 1.64. The minimum atomic E-state index is -0.448. The SMILES string of the molecule is COc1cc(C(=O)N(CN2C(=O)c3ccccc3C2=O)c2cccc(C)c2)cc(OC)c1OC. The van der Waals surface area contributed by atoms with E-state index < -0.39 is 17.7 Å². The highest BCUT2D eigenvalue weighted by molar-refractivity contribution is 6.22. The lowest BCUT2D eigenvalue weighted by Crippen LogP contribution is -2.44. The van der Waals surface area contributed by atoms with E-state index in [1.165, 1.54) is 38.4 Å². The summed E-state index contributed by atoms with van der Waals surface area (Å²) in [4.78, 5) is 42.2. The minimum absolute atomic E-state index is 0.243. The molecule has 0 fully saturated rings. The van der Waals surface area contributed by atoms with Crippen LogP contribution < -0.4 is 19.1 Å². The third-order valence-corrected chi connectivity index (χ3v) is 5.63. The molecule has 0 aromatic heterocycles. The quantitative estimate of drug-likeness (QED) is 0.497. The molecule has 1 aliphatic heterocycles. The lowest BCUT2D eigenvalue weighted by molar-refractivity contribution is 0.0650. The van der Waals surface area contributed by atoms with E-state index in [0.717, 1.165) is 10.5 Å². The molecule has 0 spiro atoms. The van der Waals surface area contributed by atoms with Crippen LogP contribution in [0.1, 0.15) is 36.6 Å². The van der Waals surface area contributed by atoms with Crippen molar-refractivity contribution in [2.45, 2.75) is 6.92 Å². The van der Waals surface area contributed by atoms with Crippen molar-refractivity contribution in [3.05, 3.63) is 82.9 Å². The number of carbonyl (C=O) groups is 3. The van der Waals surface area contributed by atoms with E-state index in [4.69, 9.17) is 14.2 Å². The van der Waals surface area contributed by atoms with Gasteiger partial charge in [-0.15, -0.1) is 0 Å². The fourth-order valence-corrected chi connectivity index (χ4v) is 3.93. The Kier molecular flexibility index (Phi) is 6.23. The molecule has 0 N–H and O–H groups in total. The second kappa shape index (κ2) is 9.27. The molecule has 174 valence electrons. The average Bonchev–Trinajstić information content (AvgIpc) is 3.10. The largest absolute Gasteiger partial charge is 0.493 e. The van der Waals surface area contributed by atoms with E-state index in [1.54, 1.807) is 30.3 Å². The maximum absolute atomic E-state index is 13.8. The highest BCUT2D eigenvalue weighted by Crippen LogP contribution is 2.39. The Hall–Kier alpha value is -4.33. The van der Waals surface area contributed by atoms with Crippen molar-refractivity contribution in [2.24, 2.45) is 0 Å². The zero-order valence-corrected chi connectivity index (χ0v) is 19.3. The summed E-state index contributed by atoms with van der Waals surface area (Å²) in [5.41, 5.74) is 2.33. The lowest BCUT2D eigenvalue weighted by Gasteiger charge is -2.28. The highest BCUT2D eigenvalue weighted by Gasteiger charge is 2.37. The standard InChI is InChI=1S/C26H24N2O6/c1-16-8-7-9-18(12-16)27(15-28-25(30)19-10-5-6-11-20(19)26(28)31)24(29)17-13-21(32-2)23(34-4)22(14-17)33-3/h5-14H,15H2,1-4H3. The van der Waals surface area contributed by atoms with E-state index in [0.29, 0.717) is 34.1 Å². The van der Waals surface area contributed by atoms with Crippen molar-refractivity contribution >= 4 is 23.4 Å². The number of amides is 3. The van der Waals surface area contributed by atoms with Gasteiger partial charge in [-0.1, -0.05) is 24.3 Å². The van der Waals surface area contributed by atoms with Crippen LogP contribution in [-0.4, -0.2) is 50.6 Å². The molecule has 0 unspecified atom stereocenters. The Morgan fingerprint density at radius 1 is 0.824 bits per heavy atom. The van der Waals surface area contributed by atoms with E-state index in [2.05, 4.69) is 0 Å². The van der Waals surface area contributed by atoms with Crippen LogP contribution in [0.5, 0.6) is 17.2 Å². The van der Waals surface area contributed by atoms with Crippen LogP contribution in [0.4, 0.5) is 5.69 Å². The summed E-state index contributed by atoms with van der Waals surface area (Å²) in [6, 6.07) is 17.0. The first kappa shape index (κ1) is 22.8. The van der Waals surface area contributed by atoms with Gasteiger partial charge in [0.1, 0.15) is 6.67 Å². The van der Waals surface area contributed by atoms with Crippen LogP contribution in [0.25, 0.3) is 0 Å². The fourth-order valence-electron chi connectivity index (χ4n) is 3.93. The van der Waals surface area contributed by atoms with Crippen molar-refractivity contribution in [1.82, 2.24) is 4.90 Å². The van der Waals surface area contributed by atoms with Gasteiger partial charge in [-0.3, -0.25) is 24.2 Å². The number of aryl methyl sites for hydroxylation is 1. The van der Waals surface area contributed by atoms with Gasteiger partial charge in [0.05, 0.1) is 32.5 Å². The first-order valence-corrected chi connectivity index (χ1v) is 10.5. The molecule has 0 radical (unpaired) electrons. The Morgan fingerprint density at radius 2 is 1.41 bits per heavy atom. The molecule has 0 saturated carbocycles. The number of ether oxygens (including phenoxy) is 3. The fraction of sp³-hybridized carbons (Fsp3) is 0.192. The lowest BCUT2D eigenvalue weighted by atomic mass is 10.1. The van der Waals surface area contributed by atoms with Crippen molar-refractivity contribution < 1.29 is 28.6 Å². The van der Waals surface area contributed by atoms with E-state index in [1.807, 2.05) is 25.1 Å². The average molecular weight is 460 g/mol. The normalized spacial score (nSPS) is 12.4. The number of nitrogens with zero attached hydrogens (tertiary/aromatic N) is 2. The number of rotatable bonds is 7. The molecule has 0 bridgehead atoms. The van der Waals surface area contributed by atoms with Gasteiger partial charge < -0.3 is 14.2 Å². The van der Waals surface area contributed by atoms with Crippen LogP contribution >= 0.6 is 0 Å². The number of methoxy groups -OCH3 is 3. The molecule has 0 aliphatic carbocycles. The van der Waals surface area contributed by atoms with Crippen LogP contribution in [0.15, 0.2) is 60.7 Å². The molecule has 34 heavy (non-hydrogen) atoms. The monoisotopic (exact) mass is 460 g/mol. The maximum atomic E-state index is 13.8. The minimum Gasteiger partial charge on any atom is -0.493 e. The molecule has 1 aliphatic rings. The van der Waals surface area contributed by atoms with Crippen molar-refractivity contribution in [3.8, 4) is 17.2 Å². The number of benzene rings is 3. The van der Waals surface area contributed by atoms with Gasteiger partial charge in [-0.05, 0) is 48.9 Å². The summed E-state index contributed by atoms with van der Waals surface area (Å²) in [6.07, 6.45) is 0. The van der Waals surface area contributed by atoms with Gasteiger partial charge in [0, 0.05) is 11.3 Å². The molecule has 8 nitrogen and oxygen atoms in total. The molecule has 0 saturated heterocycles. The third kappa shape index (κ3) is 3.94. The number of fused-ring (bicyclic) bond motifs is 1.